The second-order valence-corrected chi connectivity index (χ2v) is 7.17. The average molecular weight is 459 g/mol. The molecule has 0 aliphatic heterocycles. The first-order valence-electron chi connectivity index (χ1n) is 8.88. The van der Waals surface area contributed by atoms with Crippen molar-refractivity contribution >= 4 is 22.8 Å². The van der Waals surface area contributed by atoms with Gasteiger partial charge in [-0.15, -0.1) is 0 Å². The summed E-state index contributed by atoms with van der Waals surface area (Å²) in [4.78, 5) is 25.4. The first-order valence-corrected chi connectivity index (χ1v) is 8.88. The van der Waals surface area contributed by atoms with Gasteiger partial charge in [0.1, 0.15) is 0 Å². The number of nitro benzene ring substituents is 2. The van der Waals surface area contributed by atoms with E-state index in [9.17, 15) is 25.3 Å². The van der Waals surface area contributed by atoms with Gasteiger partial charge in [-0.3, -0.25) is 25.2 Å². The number of aromatic hydroxyl groups is 1. The summed E-state index contributed by atoms with van der Waals surface area (Å²) in [6.07, 6.45) is 0. The molecular formula is C21H26N3NiO5-. The number of nitro groups is 2. The number of para-hydroxylation sites is 1. The Hall–Kier alpha value is -2.80. The van der Waals surface area contributed by atoms with Crippen LogP contribution in [0, 0.1) is 27.7 Å². The molecule has 9 heteroatoms. The maximum absolute atomic E-state index is 11.2. The van der Waals surface area contributed by atoms with Gasteiger partial charge in [0.25, 0.3) is 5.69 Å². The van der Waals surface area contributed by atoms with Crippen LogP contribution in [0.25, 0.3) is 0 Å². The third-order valence-corrected chi connectivity index (χ3v) is 4.49. The molecule has 0 fully saturated rings. The molecule has 0 aromatic heterocycles. The van der Waals surface area contributed by atoms with Crippen LogP contribution < -0.4 is 0 Å². The van der Waals surface area contributed by atoms with Crippen LogP contribution in [0.15, 0.2) is 35.3 Å². The van der Waals surface area contributed by atoms with E-state index in [0.29, 0.717) is 0 Å². The van der Waals surface area contributed by atoms with Crippen molar-refractivity contribution in [1.82, 2.24) is 0 Å². The molecule has 0 heterocycles. The van der Waals surface area contributed by atoms with Gasteiger partial charge in [-0.1, -0.05) is 45.9 Å². The second-order valence-electron chi connectivity index (χ2n) is 7.17. The molecule has 166 valence electrons. The molecule has 0 atom stereocenters. The van der Waals surface area contributed by atoms with Crippen LogP contribution in [0.1, 0.15) is 63.1 Å². The van der Waals surface area contributed by atoms with Crippen LogP contribution in [-0.2, 0) is 16.5 Å². The summed E-state index contributed by atoms with van der Waals surface area (Å²) in [7, 11) is 0. The van der Waals surface area contributed by atoms with Crippen molar-refractivity contribution in [3.05, 3.63) is 74.7 Å². The summed E-state index contributed by atoms with van der Waals surface area (Å²) in [5.74, 6) is -0.276. The first-order chi connectivity index (χ1) is 13.0. The van der Waals surface area contributed by atoms with Gasteiger partial charge in [-0.2, -0.15) is 0 Å². The third-order valence-electron chi connectivity index (χ3n) is 4.49. The van der Waals surface area contributed by atoms with E-state index in [0.717, 1.165) is 28.9 Å². The SMILES string of the molecule is CC(=Nc1c(C(C)C)cccc1C(C)C)c1cc([N+](=O)[O-])cc([N+](=O)[O-])c1O.[CH3-].[Ni]. The zero-order valence-electron chi connectivity index (χ0n) is 17.8. The maximum Gasteiger partial charge on any atom is 0.318 e. The molecule has 0 spiro atoms. The number of benzene rings is 2. The molecular weight excluding hydrogens is 433 g/mol. The van der Waals surface area contributed by atoms with Gasteiger partial charge < -0.3 is 12.5 Å². The van der Waals surface area contributed by atoms with Gasteiger partial charge in [0.05, 0.1) is 27.2 Å². The number of hydrogen-bond acceptors (Lipinski definition) is 6. The van der Waals surface area contributed by atoms with Crippen LogP contribution in [-0.4, -0.2) is 20.7 Å². The Bertz CT molecular complexity index is 945. The summed E-state index contributed by atoms with van der Waals surface area (Å²) in [6, 6.07) is 7.72. The van der Waals surface area contributed by atoms with E-state index >= 15 is 0 Å². The minimum atomic E-state index is -0.847. The molecule has 0 aliphatic carbocycles. The van der Waals surface area contributed by atoms with Gasteiger partial charge in [-0.05, 0) is 29.9 Å². The Balaban J connectivity index is 0.00000420. The summed E-state index contributed by atoms with van der Waals surface area (Å²) in [5, 5.41) is 32.7. The van der Waals surface area contributed by atoms with Crippen LogP contribution in [0.4, 0.5) is 17.1 Å². The zero-order valence-corrected chi connectivity index (χ0v) is 18.8. The standard InChI is InChI=1S/C20H23N3O5.CH3.Ni/c1-11(2)15-7-6-8-16(12(3)4)19(15)21-13(5)17-9-14(22(25)26)10-18(20(17)24)23(27)28;;/h6-12,24H,1-5H3;1H3;/q;-1;. The predicted molar refractivity (Wildman–Crippen MR) is 114 cm³/mol. The Morgan fingerprint density at radius 3 is 1.90 bits per heavy atom. The molecule has 0 saturated carbocycles. The Kier molecular flexibility index (Phi) is 9.82. The molecule has 2 rings (SSSR count). The van der Waals surface area contributed by atoms with Crippen molar-refractivity contribution in [3.63, 3.8) is 0 Å². The van der Waals surface area contributed by atoms with E-state index in [1.807, 2.05) is 45.9 Å². The number of non-ortho nitro benzene ring substituents is 1. The number of phenolic OH excluding ortho intramolecular Hbond substituents is 1. The second kappa shape index (κ2) is 10.8. The van der Waals surface area contributed by atoms with Gasteiger partial charge in [0, 0.05) is 28.3 Å². The Morgan fingerprint density at radius 1 is 1.00 bits per heavy atom. The van der Waals surface area contributed by atoms with E-state index < -0.39 is 27.0 Å². The fourth-order valence-corrected chi connectivity index (χ4v) is 2.99. The predicted octanol–water partition coefficient (Wildman–Crippen LogP) is 6.04. The molecule has 0 unspecified atom stereocenters. The molecule has 0 saturated heterocycles. The van der Waals surface area contributed by atoms with E-state index in [2.05, 4.69) is 4.99 Å². The molecule has 2 aromatic carbocycles. The molecule has 0 amide bonds. The van der Waals surface area contributed by atoms with Crippen molar-refractivity contribution in [3.8, 4) is 5.75 Å². The summed E-state index contributed by atoms with van der Waals surface area (Å²) in [6.45, 7) is 9.70. The van der Waals surface area contributed by atoms with Crippen LogP contribution in [0.5, 0.6) is 5.75 Å². The van der Waals surface area contributed by atoms with Crippen LogP contribution in [0.3, 0.4) is 0 Å². The zero-order chi connectivity index (χ0) is 21.2. The van der Waals surface area contributed by atoms with E-state index in [1.165, 1.54) is 0 Å². The maximum atomic E-state index is 11.2. The smallest absolute Gasteiger partial charge is 0.318 e. The average Bonchev–Trinajstić information content (AvgIpc) is 2.60. The number of rotatable bonds is 6. The van der Waals surface area contributed by atoms with E-state index in [1.54, 1.807) is 6.92 Å². The normalized spacial score (nSPS) is 11.1. The minimum Gasteiger partial charge on any atom is -0.502 e. The van der Waals surface area contributed by atoms with Crippen molar-refractivity contribution < 1.29 is 31.4 Å². The Labute approximate surface area is 186 Å². The number of aliphatic imine (C=N–C) groups is 1. The van der Waals surface area contributed by atoms with E-state index in [-0.39, 0.29) is 47.0 Å². The van der Waals surface area contributed by atoms with Crippen LogP contribution >= 0.6 is 0 Å². The quantitative estimate of drug-likeness (QED) is 0.186. The monoisotopic (exact) mass is 458 g/mol. The molecule has 0 bridgehead atoms. The minimum absolute atomic E-state index is 0. The summed E-state index contributed by atoms with van der Waals surface area (Å²) < 4.78 is 0. The van der Waals surface area contributed by atoms with Gasteiger partial charge >= 0.3 is 5.69 Å². The van der Waals surface area contributed by atoms with Gasteiger partial charge in [-0.25, -0.2) is 0 Å². The van der Waals surface area contributed by atoms with Crippen LogP contribution in [0.2, 0.25) is 0 Å². The third kappa shape index (κ3) is 5.63. The van der Waals surface area contributed by atoms with Crippen molar-refractivity contribution in [2.45, 2.75) is 46.5 Å². The van der Waals surface area contributed by atoms with Crippen molar-refractivity contribution in [1.29, 1.82) is 0 Å². The van der Waals surface area contributed by atoms with Crippen molar-refractivity contribution in [2.75, 3.05) is 0 Å². The Morgan fingerprint density at radius 2 is 1.50 bits per heavy atom. The number of nitrogens with zero attached hydrogens (tertiary/aromatic N) is 3. The fourth-order valence-electron chi connectivity index (χ4n) is 2.99. The number of hydrogen-bond donors (Lipinski definition) is 1. The fraction of sp³-hybridized carbons (Fsp3) is 0.333. The molecule has 8 nitrogen and oxygen atoms in total. The molecule has 30 heavy (non-hydrogen) atoms. The van der Waals surface area contributed by atoms with Crippen molar-refractivity contribution in [2.24, 2.45) is 4.99 Å². The summed E-state index contributed by atoms with van der Waals surface area (Å²) in [5.41, 5.74) is 1.73. The number of phenols is 1. The molecule has 2 aromatic rings. The summed E-state index contributed by atoms with van der Waals surface area (Å²) >= 11 is 0. The first kappa shape index (κ1) is 27.2. The van der Waals surface area contributed by atoms with Gasteiger partial charge in [0.2, 0.25) is 5.75 Å². The van der Waals surface area contributed by atoms with Gasteiger partial charge in [0.15, 0.2) is 0 Å². The molecule has 1 N–H and O–H groups in total. The van der Waals surface area contributed by atoms with E-state index in [4.69, 9.17) is 0 Å². The molecule has 0 aliphatic rings. The largest absolute Gasteiger partial charge is 0.502 e. The molecule has 0 radical (unpaired) electrons. The topological polar surface area (TPSA) is 119 Å².